The van der Waals surface area contributed by atoms with Gasteiger partial charge >= 0.3 is 0 Å². The maximum absolute atomic E-state index is 5.65. The second-order valence-corrected chi connectivity index (χ2v) is 4.18. The Morgan fingerprint density at radius 3 is 2.90 bits per heavy atom. The van der Waals surface area contributed by atoms with Crippen LogP contribution in [0.4, 0.5) is 0 Å². The highest BCUT2D eigenvalue weighted by Gasteiger charge is 2.00. The Hall–Kier alpha value is 0.250. The van der Waals surface area contributed by atoms with Gasteiger partial charge in [-0.25, -0.2) is 0 Å². The molecule has 0 radical (unpaired) electrons. The zero-order chi connectivity index (χ0) is 7.40. The third kappa shape index (κ3) is 2.89. The molecule has 0 spiro atoms. The van der Waals surface area contributed by atoms with Crippen molar-refractivity contribution in [2.75, 3.05) is 0 Å². The van der Waals surface area contributed by atoms with Gasteiger partial charge in [-0.15, -0.1) is 0 Å². The first kappa shape index (κ1) is 8.35. The van der Waals surface area contributed by atoms with Gasteiger partial charge in [0, 0.05) is 0 Å². The average Bonchev–Trinajstić information content (AvgIpc) is 1.88. The van der Waals surface area contributed by atoms with Crippen LogP contribution < -0.4 is 0 Å². The van der Waals surface area contributed by atoms with Gasteiger partial charge in [0.15, 0.2) is 0 Å². The smallest absolute Gasteiger partial charge is 0.0812 e. The summed E-state index contributed by atoms with van der Waals surface area (Å²) in [6, 6.07) is 0. The Kier molecular flexibility index (Phi) is 3.50. The molecule has 10 heavy (non-hydrogen) atoms. The van der Waals surface area contributed by atoms with Crippen LogP contribution in [0.15, 0.2) is 21.7 Å². The summed E-state index contributed by atoms with van der Waals surface area (Å²) in [5, 5.41) is 0. The van der Waals surface area contributed by atoms with Gasteiger partial charge < -0.3 is 0 Å². The van der Waals surface area contributed by atoms with Gasteiger partial charge in [0.05, 0.1) is 3.94 Å². The van der Waals surface area contributed by atoms with Crippen molar-refractivity contribution in [2.24, 2.45) is 0 Å². The number of rotatable bonds is 1. The molecule has 1 aliphatic rings. The highest BCUT2D eigenvalue weighted by Crippen LogP contribution is 2.22. The summed E-state index contributed by atoms with van der Waals surface area (Å²) in [4.78, 5) is 0. The monoisotopic (exact) mass is 220 g/mol. The molecule has 0 N–H and O–H groups in total. The van der Waals surface area contributed by atoms with Gasteiger partial charge in [-0.2, -0.15) is 0 Å². The molecule has 0 saturated heterocycles. The zero-order valence-corrected chi connectivity index (χ0v) is 8.08. The minimum atomic E-state index is 0.709. The van der Waals surface area contributed by atoms with Crippen molar-refractivity contribution in [1.82, 2.24) is 0 Å². The second kappa shape index (κ2) is 4.20. The molecule has 1 aliphatic carbocycles. The standard InChI is InChI=1S/C8H10BrCl/c9-8(10)6-7-4-2-1-3-5-7/h4,6H,1-3,5H2/b8-6+. The third-order valence-electron chi connectivity index (χ3n) is 1.62. The summed E-state index contributed by atoms with van der Waals surface area (Å²) in [6.07, 6.45) is 9.27. The van der Waals surface area contributed by atoms with Crippen molar-refractivity contribution in [2.45, 2.75) is 25.7 Å². The zero-order valence-electron chi connectivity index (χ0n) is 5.74. The summed E-state index contributed by atoms with van der Waals surface area (Å²) in [5.74, 6) is 0. The quantitative estimate of drug-likeness (QED) is 0.629. The van der Waals surface area contributed by atoms with Gasteiger partial charge in [-0.3, -0.25) is 0 Å². The molecule has 1 rings (SSSR count). The molecule has 0 aromatic rings. The average molecular weight is 222 g/mol. The van der Waals surface area contributed by atoms with E-state index < -0.39 is 0 Å². The number of halogens is 2. The van der Waals surface area contributed by atoms with E-state index in [0.29, 0.717) is 3.94 Å². The van der Waals surface area contributed by atoms with Crippen LogP contribution >= 0.6 is 27.5 Å². The molecule has 0 bridgehead atoms. The molecule has 0 atom stereocenters. The summed E-state index contributed by atoms with van der Waals surface area (Å²) < 4.78 is 0.709. The molecule has 2 heteroatoms. The van der Waals surface area contributed by atoms with E-state index >= 15 is 0 Å². The van der Waals surface area contributed by atoms with Crippen LogP contribution in [0.25, 0.3) is 0 Å². The normalized spacial score (nSPS) is 20.6. The Morgan fingerprint density at radius 2 is 2.40 bits per heavy atom. The summed E-state index contributed by atoms with van der Waals surface area (Å²) in [5.41, 5.74) is 1.37. The Labute approximate surface area is 75.1 Å². The largest absolute Gasteiger partial charge is 0.0836 e. The van der Waals surface area contributed by atoms with Crippen molar-refractivity contribution in [1.29, 1.82) is 0 Å². The highest BCUT2D eigenvalue weighted by molar-refractivity contribution is 9.12. The first-order valence-corrected chi connectivity index (χ1v) is 4.68. The minimum Gasteiger partial charge on any atom is -0.0812 e. The highest BCUT2D eigenvalue weighted by atomic mass is 79.9. The lowest BCUT2D eigenvalue weighted by molar-refractivity contribution is 0.712. The maximum atomic E-state index is 5.65. The fourth-order valence-corrected chi connectivity index (χ4v) is 1.57. The SMILES string of the molecule is Cl/C(Br)=C/C1=CCCCC1. The van der Waals surface area contributed by atoms with Gasteiger partial charge in [0.25, 0.3) is 0 Å². The van der Waals surface area contributed by atoms with Gasteiger partial charge in [0.2, 0.25) is 0 Å². The predicted molar refractivity (Wildman–Crippen MR) is 49.4 cm³/mol. The van der Waals surface area contributed by atoms with Crippen molar-refractivity contribution in [3.05, 3.63) is 21.7 Å². The maximum Gasteiger partial charge on any atom is 0.0836 e. The molecule has 0 heterocycles. The van der Waals surface area contributed by atoms with Gasteiger partial charge in [-0.05, 0) is 53.3 Å². The topological polar surface area (TPSA) is 0 Å². The predicted octanol–water partition coefficient (Wildman–Crippen LogP) is 3.96. The molecule has 0 amide bonds. The number of hydrogen-bond donors (Lipinski definition) is 0. The fourth-order valence-electron chi connectivity index (χ4n) is 1.13. The summed E-state index contributed by atoms with van der Waals surface area (Å²) >= 11 is 8.84. The molecule has 0 fully saturated rings. The van der Waals surface area contributed by atoms with Crippen LogP contribution in [-0.4, -0.2) is 0 Å². The van der Waals surface area contributed by atoms with Crippen LogP contribution in [0.2, 0.25) is 0 Å². The Bertz CT molecular complexity index is 166. The fraction of sp³-hybridized carbons (Fsp3) is 0.500. The van der Waals surface area contributed by atoms with E-state index in [-0.39, 0.29) is 0 Å². The molecule has 56 valence electrons. The molecule has 0 aromatic heterocycles. The molecule has 0 saturated carbocycles. The van der Waals surface area contributed by atoms with E-state index in [2.05, 4.69) is 22.0 Å². The van der Waals surface area contributed by atoms with Crippen molar-refractivity contribution in [3.63, 3.8) is 0 Å². The molecule has 0 unspecified atom stereocenters. The minimum absolute atomic E-state index is 0.709. The molecule has 0 aromatic carbocycles. The van der Waals surface area contributed by atoms with Crippen molar-refractivity contribution >= 4 is 27.5 Å². The molecule has 0 aliphatic heterocycles. The first-order valence-electron chi connectivity index (χ1n) is 3.51. The van der Waals surface area contributed by atoms with Crippen LogP contribution in [0.1, 0.15) is 25.7 Å². The van der Waals surface area contributed by atoms with E-state index in [9.17, 15) is 0 Å². The van der Waals surface area contributed by atoms with Crippen LogP contribution in [0, 0.1) is 0 Å². The van der Waals surface area contributed by atoms with Gasteiger partial charge in [0.1, 0.15) is 0 Å². The van der Waals surface area contributed by atoms with E-state index in [0.717, 1.165) is 0 Å². The van der Waals surface area contributed by atoms with Crippen molar-refractivity contribution in [3.8, 4) is 0 Å². The lowest BCUT2D eigenvalue weighted by Gasteiger charge is -2.07. The Morgan fingerprint density at radius 1 is 1.60 bits per heavy atom. The van der Waals surface area contributed by atoms with E-state index in [4.69, 9.17) is 11.6 Å². The van der Waals surface area contributed by atoms with Crippen LogP contribution in [0.5, 0.6) is 0 Å². The lowest BCUT2D eigenvalue weighted by Crippen LogP contribution is -1.87. The van der Waals surface area contributed by atoms with Crippen LogP contribution in [0.3, 0.4) is 0 Å². The Balaban J connectivity index is 2.54. The lowest BCUT2D eigenvalue weighted by atomic mass is 10.00. The summed E-state index contributed by atoms with van der Waals surface area (Å²) in [6.45, 7) is 0. The van der Waals surface area contributed by atoms with E-state index in [1.165, 1.54) is 31.3 Å². The summed E-state index contributed by atoms with van der Waals surface area (Å²) in [7, 11) is 0. The number of hydrogen-bond acceptors (Lipinski definition) is 0. The number of allylic oxidation sites excluding steroid dienone is 3. The first-order chi connectivity index (χ1) is 4.79. The molecular weight excluding hydrogens is 211 g/mol. The second-order valence-electron chi connectivity index (χ2n) is 2.46. The van der Waals surface area contributed by atoms with Crippen LogP contribution in [-0.2, 0) is 0 Å². The molecular formula is C8H10BrCl. The van der Waals surface area contributed by atoms with E-state index in [1.807, 2.05) is 6.08 Å². The van der Waals surface area contributed by atoms with E-state index in [1.54, 1.807) is 0 Å². The third-order valence-corrected chi connectivity index (χ3v) is 1.96. The van der Waals surface area contributed by atoms with Crippen molar-refractivity contribution < 1.29 is 0 Å². The molecule has 0 nitrogen and oxygen atoms in total. The van der Waals surface area contributed by atoms with Gasteiger partial charge in [-0.1, -0.05) is 17.7 Å².